The quantitative estimate of drug-likeness (QED) is 0.360. The summed E-state index contributed by atoms with van der Waals surface area (Å²) in [6.07, 6.45) is 0. The lowest BCUT2D eigenvalue weighted by Gasteiger charge is -1.93. The molecule has 12 heavy (non-hydrogen) atoms. The first-order valence-corrected chi connectivity index (χ1v) is 3.74. The Bertz CT molecular complexity index is 237. The second kappa shape index (κ2) is 6.34. The maximum Gasteiger partial charge on any atom is 0.431 e. The molecule has 0 heterocycles. The molecule has 6 nitrogen and oxygen atoms in total. The summed E-state index contributed by atoms with van der Waals surface area (Å²) in [6.45, 7) is 0. The molecule has 0 aliphatic carbocycles. The van der Waals surface area contributed by atoms with E-state index >= 15 is 0 Å². The van der Waals surface area contributed by atoms with E-state index in [4.69, 9.17) is 10.5 Å². The summed E-state index contributed by atoms with van der Waals surface area (Å²) in [4.78, 5) is 20.8. The molecule has 0 radical (unpaired) electrons. The third-order valence-electron chi connectivity index (χ3n) is 0.476. The van der Waals surface area contributed by atoms with Crippen molar-refractivity contribution in [1.82, 2.24) is 0 Å². The van der Waals surface area contributed by atoms with Crippen LogP contribution in [-0.2, 0) is 18.0 Å². The van der Waals surface area contributed by atoms with Crippen LogP contribution in [0.25, 0.3) is 0 Å². The Labute approximate surface area is 75.8 Å². The lowest BCUT2D eigenvalue weighted by Crippen LogP contribution is -2.14. The standard InChI is InChI=1S/C4N2O4S2/c5-1-11-9-3(7)4(8)10-12-2-6. The van der Waals surface area contributed by atoms with Crippen LogP contribution >= 0.6 is 24.1 Å². The summed E-state index contributed by atoms with van der Waals surface area (Å²) in [7, 11) is 0. The van der Waals surface area contributed by atoms with Crippen molar-refractivity contribution in [1.29, 1.82) is 10.5 Å². The number of carbonyl (C=O) groups is 2. The molecule has 0 saturated heterocycles. The third-order valence-corrected chi connectivity index (χ3v) is 1.09. The molecule has 0 aromatic heterocycles. The molecule has 0 aliphatic heterocycles. The molecule has 0 aliphatic rings. The number of nitriles is 2. The number of thiocyanates is 2. The number of hydrogen-bond acceptors (Lipinski definition) is 8. The van der Waals surface area contributed by atoms with Gasteiger partial charge in [0, 0.05) is 0 Å². The van der Waals surface area contributed by atoms with Crippen LogP contribution in [0.15, 0.2) is 0 Å². The van der Waals surface area contributed by atoms with Crippen LogP contribution in [0.1, 0.15) is 0 Å². The highest BCUT2D eigenvalue weighted by Gasteiger charge is 2.18. The van der Waals surface area contributed by atoms with Gasteiger partial charge in [-0.15, -0.1) is 0 Å². The van der Waals surface area contributed by atoms with Crippen molar-refractivity contribution in [2.45, 2.75) is 0 Å². The van der Waals surface area contributed by atoms with E-state index in [-0.39, 0.29) is 24.1 Å². The minimum Gasteiger partial charge on any atom is -0.367 e. The average Bonchev–Trinajstić information content (AvgIpc) is 2.10. The molecule has 0 saturated carbocycles. The lowest BCUT2D eigenvalue weighted by atomic mass is 10.7. The van der Waals surface area contributed by atoms with Crippen LogP contribution in [0.4, 0.5) is 0 Å². The fourth-order valence-corrected chi connectivity index (χ4v) is 0.543. The first kappa shape index (κ1) is 10.6. The molecule has 0 bridgehead atoms. The van der Waals surface area contributed by atoms with Gasteiger partial charge in [0.25, 0.3) is 0 Å². The minimum absolute atomic E-state index is 0.141. The highest BCUT2D eigenvalue weighted by Crippen LogP contribution is 2.04. The van der Waals surface area contributed by atoms with E-state index in [1.807, 2.05) is 0 Å². The maximum atomic E-state index is 10.4. The van der Waals surface area contributed by atoms with Crippen LogP contribution in [0.2, 0.25) is 0 Å². The number of carbonyl (C=O) groups excluding carboxylic acids is 2. The van der Waals surface area contributed by atoms with Gasteiger partial charge in [0.1, 0.15) is 0 Å². The molecule has 0 rings (SSSR count). The largest absolute Gasteiger partial charge is 0.431 e. The number of rotatable bonds is 2. The summed E-state index contributed by atoms with van der Waals surface area (Å²) in [5.41, 5.74) is 0. The Morgan fingerprint density at radius 3 is 1.58 bits per heavy atom. The van der Waals surface area contributed by atoms with E-state index in [1.54, 1.807) is 0 Å². The van der Waals surface area contributed by atoms with Crippen molar-refractivity contribution in [3.63, 3.8) is 0 Å². The van der Waals surface area contributed by atoms with Crippen LogP contribution in [0.3, 0.4) is 0 Å². The maximum absolute atomic E-state index is 10.4. The highest BCUT2D eigenvalue weighted by atomic mass is 32.2. The van der Waals surface area contributed by atoms with Crippen molar-refractivity contribution in [3.05, 3.63) is 0 Å². The van der Waals surface area contributed by atoms with Crippen LogP contribution in [0.5, 0.6) is 0 Å². The molecule has 0 aromatic rings. The monoisotopic (exact) mass is 204 g/mol. The minimum atomic E-state index is -1.33. The van der Waals surface area contributed by atoms with Gasteiger partial charge in [-0.3, -0.25) is 0 Å². The van der Waals surface area contributed by atoms with Gasteiger partial charge in [0.05, 0.1) is 0 Å². The number of hydrogen-bond donors (Lipinski definition) is 0. The molecule has 0 unspecified atom stereocenters. The Balaban J connectivity index is 3.73. The second-order valence-electron chi connectivity index (χ2n) is 1.09. The van der Waals surface area contributed by atoms with Crippen molar-refractivity contribution >= 4 is 36.0 Å². The first-order chi connectivity index (χ1) is 5.72. The molecule has 8 heteroatoms. The summed E-state index contributed by atoms with van der Waals surface area (Å²) < 4.78 is 7.94. The van der Waals surface area contributed by atoms with E-state index in [0.717, 1.165) is 0 Å². The zero-order valence-corrected chi connectivity index (χ0v) is 6.98. The van der Waals surface area contributed by atoms with Crippen molar-refractivity contribution < 1.29 is 18.0 Å². The highest BCUT2D eigenvalue weighted by molar-refractivity contribution is 8.00. The Hall–Kier alpha value is -1.38. The van der Waals surface area contributed by atoms with Crippen LogP contribution < -0.4 is 0 Å². The van der Waals surface area contributed by atoms with Gasteiger partial charge >= 0.3 is 11.9 Å². The molecule has 0 fully saturated rings. The van der Waals surface area contributed by atoms with Crippen LogP contribution in [-0.4, -0.2) is 11.9 Å². The first-order valence-electron chi connectivity index (χ1n) is 2.26. The fourth-order valence-electron chi connectivity index (χ4n) is 0.181. The fraction of sp³-hybridized carbons (Fsp3) is 0. The topological polar surface area (TPSA) is 100 Å². The van der Waals surface area contributed by atoms with Gasteiger partial charge in [0.15, 0.2) is 34.9 Å². The Morgan fingerprint density at radius 2 is 1.33 bits per heavy atom. The Morgan fingerprint density at radius 1 is 1.00 bits per heavy atom. The van der Waals surface area contributed by atoms with Crippen molar-refractivity contribution in [3.8, 4) is 10.8 Å². The van der Waals surface area contributed by atoms with Crippen molar-refractivity contribution in [2.75, 3.05) is 0 Å². The zero-order valence-electron chi connectivity index (χ0n) is 5.34. The zero-order chi connectivity index (χ0) is 9.40. The summed E-state index contributed by atoms with van der Waals surface area (Å²) in [5.74, 6) is -2.66. The Kier molecular flexibility index (Phi) is 5.61. The average molecular weight is 204 g/mol. The van der Waals surface area contributed by atoms with Gasteiger partial charge in [0.2, 0.25) is 0 Å². The van der Waals surface area contributed by atoms with Gasteiger partial charge in [-0.05, 0) is 0 Å². The smallest absolute Gasteiger partial charge is 0.367 e. The summed E-state index contributed by atoms with van der Waals surface area (Å²) in [6, 6.07) is 0. The van der Waals surface area contributed by atoms with E-state index in [1.165, 1.54) is 10.8 Å². The van der Waals surface area contributed by atoms with Crippen molar-refractivity contribution in [2.24, 2.45) is 0 Å². The van der Waals surface area contributed by atoms with Gasteiger partial charge in [-0.2, -0.15) is 10.5 Å². The summed E-state index contributed by atoms with van der Waals surface area (Å²) >= 11 is 0.282. The third kappa shape index (κ3) is 4.44. The molecule has 0 N–H and O–H groups in total. The molecule has 0 aromatic carbocycles. The van der Waals surface area contributed by atoms with E-state index < -0.39 is 11.9 Å². The van der Waals surface area contributed by atoms with E-state index in [2.05, 4.69) is 8.37 Å². The molecular formula is C4N2O4S2. The van der Waals surface area contributed by atoms with E-state index in [0.29, 0.717) is 0 Å². The SMILES string of the molecule is N#CSOC(=O)C(=O)OSC#N. The molecule has 0 atom stereocenters. The normalized spacial score (nSPS) is 7.50. The van der Waals surface area contributed by atoms with Gasteiger partial charge in [-0.25, -0.2) is 9.59 Å². The van der Waals surface area contributed by atoms with E-state index in [9.17, 15) is 9.59 Å². The van der Waals surface area contributed by atoms with Gasteiger partial charge in [-0.1, -0.05) is 0 Å². The predicted octanol–water partition coefficient (Wildman–Crippen LogP) is 0.331. The molecule has 0 spiro atoms. The number of nitrogens with zero attached hydrogens (tertiary/aromatic N) is 2. The molecular weight excluding hydrogens is 204 g/mol. The van der Waals surface area contributed by atoms with Crippen LogP contribution in [0, 0.1) is 21.3 Å². The van der Waals surface area contributed by atoms with Gasteiger partial charge < -0.3 is 8.37 Å². The lowest BCUT2D eigenvalue weighted by molar-refractivity contribution is -0.154. The predicted molar refractivity (Wildman–Crippen MR) is 38.6 cm³/mol. The molecule has 0 amide bonds. The summed E-state index contributed by atoms with van der Waals surface area (Å²) in [5, 5.41) is 18.6. The molecule has 62 valence electrons. The second-order valence-corrected chi connectivity index (χ2v) is 2.12.